The van der Waals surface area contributed by atoms with Gasteiger partial charge in [-0.15, -0.1) is 0 Å². The summed E-state index contributed by atoms with van der Waals surface area (Å²) < 4.78 is 5.65. The second-order valence-corrected chi connectivity index (χ2v) is 7.86. The lowest BCUT2D eigenvalue weighted by molar-refractivity contribution is 0.156. The Morgan fingerprint density at radius 3 is 2.87 bits per heavy atom. The van der Waals surface area contributed by atoms with Crippen LogP contribution in [0.15, 0.2) is 4.99 Å². The normalized spacial score (nSPS) is 29.6. The molecule has 0 aromatic rings. The summed E-state index contributed by atoms with van der Waals surface area (Å²) in [5.41, 5.74) is 0.415. The van der Waals surface area contributed by atoms with E-state index < -0.39 is 0 Å². The van der Waals surface area contributed by atoms with Crippen molar-refractivity contribution in [3.63, 3.8) is 0 Å². The molecule has 4 heteroatoms. The van der Waals surface area contributed by atoms with Gasteiger partial charge in [0.15, 0.2) is 5.96 Å². The number of hydrogen-bond donors (Lipinski definition) is 1. The first-order valence-corrected chi connectivity index (χ1v) is 9.92. The smallest absolute Gasteiger partial charge is 0.193 e. The first-order valence-electron chi connectivity index (χ1n) is 9.92. The maximum atomic E-state index is 5.65. The summed E-state index contributed by atoms with van der Waals surface area (Å²) in [5, 5.41) is 3.50. The van der Waals surface area contributed by atoms with Gasteiger partial charge in [-0.05, 0) is 38.5 Å². The van der Waals surface area contributed by atoms with Crippen LogP contribution in [0.3, 0.4) is 0 Å². The summed E-state index contributed by atoms with van der Waals surface area (Å²) in [6.07, 6.45) is 12.4. The average Bonchev–Trinajstić information content (AvgIpc) is 3.22. The standard InChI is InChI=1S/C19H35N3O/c1-2-20-18(21-12-6-9-17-7-4-3-5-8-17)22-13-10-19(15-22)11-14-23-16-19/h17H,2-16H2,1H3,(H,20,21). The van der Waals surface area contributed by atoms with Gasteiger partial charge in [0.05, 0.1) is 6.61 Å². The van der Waals surface area contributed by atoms with E-state index >= 15 is 0 Å². The molecule has 2 saturated heterocycles. The van der Waals surface area contributed by atoms with E-state index in [1.807, 2.05) is 0 Å². The van der Waals surface area contributed by atoms with E-state index in [2.05, 4.69) is 17.1 Å². The molecular formula is C19H35N3O. The van der Waals surface area contributed by atoms with E-state index in [-0.39, 0.29) is 0 Å². The van der Waals surface area contributed by atoms with Crippen LogP contribution in [-0.2, 0) is 4.74 Å². The summed E-state index contributed by atoms with van der Waals surface area (Å²) in [6, 6.07) is 0. The van der Waals surface area contributed by atoms with Crippen molar-refractivity contribution in [2.75, 3.05) is 39.4 Å². The molecule has 0 amide bonds. The Morgan fingerprint density at radius 1 is 1.26 bits per heavy atom. The van der Waals surface area contributed by atoms with Gasteiger partial charge in [0.2, 0.25) is 0 Å². The zero-order chi connectivity index (χ0) is 16.0. The average molecular weight is 322 g/mol. The Bertz CT molecular complexity index is 384. The topological polar surface area (TPSA) is 36.9 Å². The van der Waals surface area contributed by atoms with Crippen LogP contribution < -0.4 is 5.32 Å². The lowest BCUT2D eigenvalue weighted by Crippen LogP contribution is -2.41. The second-order valence-electron chi connectivity index (χ2n) is 7.86. The van der Waals surface area contributed by atoms with Gasteiger partial charge in [-0.2, -0.15) is 0 Å². The third kappa shape index (κ3) is 4.62. The van der Waals surface area contributed by atoms with E-state index in [1.54, 1.807) is 0 Å². The van der Waals surface area contributed by atoms with E-state index in [4.69, 9.17) is 9.73 Å². The van der Waals surface area contributed by atoms with Crippen molar-refractivity contribution in [1.29, 1.82) is 0 Å². The fourth-order valence-corrected chi connectivity index (χ4v) is 4.55. The molecule has 1 unspecified atom stereocenters. The fourth-order valence-electron chi connectivity index (χ4n) is 4.55. The largest absolute Gasteiger partial charge is 0.381 e. The Morgan fingerprint density at radius 2 is 2.13 bits per heavy atom. The molecule has 132 valence electrons. The van der Waals surface area contributed by atoms with Gasteiger partial charge in [0, 0.05) is 38.2 Å². The molecule has 0 aromatic heterocycles. The van der Waals surface area contributed by atoms with Crippen LogP contribution in [0.2, 0.25) is 0 Å². The molecule has 3 rings (SSSR count). The molecule has 3 fully saturated rings. The molecule has 4 nitrogen and oxygen atoms in total. The number of guanidine groups is 1. The van der Waals surface area contributed by atoms with Crippen LogP contribution in [0.5, 0.6) is 0 Å². The number of rotatable bonds is 5. The number of aliphatic imine (C=N–C) groups is 1. The number of likely N-dealkylation sites (tertiary alicyclic amines) is 1. The highest BCUT2D eigenvalue weighted by Gasteiger charge is 2.42. The van der Waals surface area contributed by atoms with Gasteiger partial charge in [-0.1, -0.05) is 32.1 Å². The lowest BCUT2D eigenvalue weighted by Gasteiger charge is -2.25. The zero-order valence-electron chi connectivity index (χ0n) is 15.0. The van der Waals surface area contributed by atoms with Crippen LogP contribution in [0.4, 0.5) is 0 Å². The van der Waals surface area contributed by atoms with Gasteiger partial charge in [-0.25, -0.2) is 0 Å². The van der Waals surface area contributed by atoms with Gasteiger partial charge < -0.3 is 15.0 Å². The minimum Gasteiger partial charge on any atom is -0.381 e. The molecule has 1 aliphatic carbocycles. The molecule has 1 atom stereocenters. The summed E-state index contributed by atoms with van der Waals surface area (Å²) in [5.74, 6) is 2.12. The number of hydrogen-bond acceptors (Lipinski definition) is 2. The SMILES string of the molecule is CCNC(=NCCCC1CCCCC1)N1CCC2(CCOC2)C1. The maximum absolute atomic E-state index is 5.65. The third-order valence-electron chi connectivity index (χ3n) is 6.01. The number of ether oxygens (including phenoxy) is 1. The summed E-state index contributed by atoms with van der Waals surface area (Å²) >= 11 is 0. The van der Waals surface area contributed by atoms with Gasteiger partial charge in [-0.3, -0.25) is 4.99 Å². The molecule has 2 aliphatic heterocycles. The summed E-state index contributed by atoms with van der Waals surface area (Å²) in [6.45, 7) is 8.27. The molecular weight excluding hydrogens is 286 g/mol. The van der Waals surface area contributed by atoms with Crippen molar-refractivity contribution in [1.82, 2.24) is 10.2 Å². The van der Waals surface area contributed by atoms with Crippen molar-refractivity contribution >= 4 is 5.96 Å². The quantitative estimate of drug-likeness (QED) is 0.479. The van der Waals surface area contributed by atoms with E-state index in [0.29, 0.717) is 5.41 Å². The zero-order valence-corrected chi connectivity index (χ0v) is 15.0. The Balaban J connectivity index is 1.45. The van der Waals surface area contributed by atoms with E-state index in [0.717, 1.165) is 51.3 Å². The molecule has 0 aromatic carbocycles. The third-order valence-corrected chi connectivity index (χ3v) is 6.01. The van der Waals surface area contributed by atoms with Crippen molar-refractivity contribution in [2.45, 2.75) is 64.7 Å². The minimum atomic E-state index is 0.415. The summed E-state index contributed by atoms with van der Waals surface area (Å²) in [7, 11) is 0. The monoisotopic (exact) mass is 321 g/mol. The van der Waals surface area contributed by atoms with E-state index in [9.17, 15) is 0 Å². The van der Waals surface area contributed by atoms with E-state index in [1.165, 1.54) is 57.8 Å². The summed E-state index contributed by atoms with van der Waals surface area (Å²) in [4.78, 5) is 7.40. The molecule has 0 bridgehead atoms. The van der Waals surface area contributed by atoms with Crippen LogP contribution >= 0.6 is 0 Å². The molecule has 1 spiro atoms. The van der Waals surface area contributed by atoms with Gasteiger partial charge in [0.25, 0.3) is 0 Å². The Hall–Kier alpha value is -0.770. The fraction of sp³-hybridized carbons (Fsp3) is 0.947. The van der Waals surface area contributed by atoms with Crippen LogP contribution in [0.1, 0.15) is 64.7 Å². The molecule has 23 heavy (non-hydrogen) atoms. The predicted molar refractivity (Wildman–Crippen MR) is 95.8 cm³/mol. The highest BCUT2D eigenvalue weighted by molar-refractivity contribution is 5.80. The minimum absolute atomic E-state index is 0.415. The van der Waals surface area contributed by atoms with Gasteiger partial charge in [0.1, 0.15) is 0 Å². The maximum Gasteiger partial charge on any atom is 0.193 e. The van der Waals surface area contributed by atoms with Crippen LogP contribution in [0.25, 0.3) is 0 Å². The van der Waals surface area contributed by atoms with Crippen LogP contribution in [0, 0.1) is 11.3 Å². The Kier molecular flexibility index (Phi) is 6.21. The molecule has 0 radical (unpaired) electrons. The first-order chi connectivity index (χ1) is 11.3. The second kappa shape index (κ2) is 8.36. The lowest BCUT2D eigenvalue weighted by atomic mass is 9.86. The molecule has 1 saturated carbocycles. The molecule has 1 N–H and O–H groups in total. The number of nitrogens with zero attached hydrogens (tertiary/aromatic N) is 2. The molecule has 2 heterocycles. The van der Waals surface area contributed by atoms with Gasteiger partial charge >= 0.3 is 0 Å². The Labute approximate surface area is 142 Å². The highest BCUT2D eigenvalue weighted by Crippen LogP contribution is 2.38. The molecule has 3 aliphatic rings. The van der Waals surface area contributed by atoms with Crippen molar-refractivity contribution in [3.05, 3.63) is 0 Å². The predicted octanol–water partition coefficient (Wildman–Crippen LogP) is 3.42. The van der Waals surface area contributed by atoms with Crippen molar-refractivity contribution in [3.8, 4) is 0 Å². The van der Waals surface area contributed by atoms with Crippen molar-refractivity contribution < 1.29 is 4.74 Å². The first kappa shape index (κ1) is 17.1. The highest BCUT2D eigenvalue weighted by atomic mass is 16.5. The van der Waals surface area contributed by atoms with Crippen LogP contribution in [-0.4, -0.2) is 50.3 Å². The van der Waals surface area contributed by atoms with Crippen molar-refractivity contribution in [2.24, 2.45) is 16.3 Å². The number of nitrogens with one attached hydrogen (secondary N) is 1.